The number of aliphatic carboxylic acids is 1. The van der Waals surface area contributed by atoms with Gasteiger partial charge in [0.15, 0.2) is 11.5 Å². The number of benzene rings is 1. The summed E-state index contributed by atoms with van der Waals surface area (Å²) in [6.07, 6.45) is 0.588. The first-order chi connectivity index (χ1) is 13.8. The van der Waals surface area contributed by atoms with E-state index in [0.29, 0.717) is 29.2 Å². The fourth-order valence-corrected chi connectivity index (χ4v) is 2.75. The lowest BCUT2D eigenvalue weighted by Crippen LogP contribution is -2.47. The molecule has 1 aromatic heterocycles. The highest BCUT2D eigenvalue weighted by molar-refractivity contribution is 5.83. The van der Waals surface area contributed by atoms with Crippen molar-refractivity contribution in [1.29, 1.82) is 0 Å². The van der Waals surface area contributed by atoms with Crippen molar-refractivity contribution in [2.24, 2.45) is 5.92 Å². The van der Waals surface area contributed by atoms with Gasteiger partial charge in [-0.2, -0.15) is 5.10 Å². The standard InChI is InChI=1S/C20H25N3O6/c1-5-12(2)19(20(26)27)21-17(24)11-23-18(25)9-7-14(22-23)13-6-8-15(28-3)16(10-13)29-4/h6-10,12,19H,5,11H2,1-4H3,(H,21,24)(H,26,27)/t12-,19-/m1/s1. The zero-order valence-electron chi connectivity index (χ0n) is 16.8. The normalized spacial score (nSPS) is 12.7. The van der Waals surface area contributed by atoms with Gasteiger partial charge in [-0.25, -0.2) is 9.48 Å². The maximum absolute atomic E-state index is 12.3. The Morgan fingerprint density at radius 1 is 1.17 bits per heavy atom. The summed E-state index contributed by atoms with van der Waals surface area (Å²) >= 11 is 0. The molecule has 0 aliphatic carbocycles. The van der Waals surface area contributed by atoms with Gasteiger partial charge in [0, 0.05) is 11.6 Å². The highest BCUT2D eigenvalue weighted by Gasteiger charge is 2.25. The predicted octanol–water partition coefficient (Wildman–Crippen LogP) is 1.54. The number of carboxylic acids is 1. The highest BCUT2D eigenvalue weighted by atomic mass is 16.5. The molecule has 2 atom stereocenters. The Morgan fingerprint density at radius 2 is 1.86 bits per heavy atom. The SMILES string of the molecule is CC[C@@H](C)[C@@H](NC(=O)Cn1nc(-c2ccc(OC)c(OC)c2)ccc1=O)C(=O)O. The van der Waals surface area contributed by atoms with E-state index in [-0.39, 0.29) is 12.5 Å². The largest absolute Gasteiger partial charge is 0.493 e. The quantitative estimate of drug-likeness (QED) is 0.652. The third-order valence-corrected chi connectivity index (χ3v) is 4.63. The molecule has 0 saturated carbocycles. The molecule has 9 nitrogen and oxygen atoms in total. The summed E-state index contributed by atoms with van der Waals surface area (Å²) in [5, 5.41) is 16.0. The molecule has 29 heavy (non-hydrogen) atoms. The maximum atomic E-state index is 12.3. The summed E-state index contributed by atoms with van der Waals surface area (Å²) in [6.45, 7) is 3.19. The second-order valence-electron chi connectivity index (χ2n) is 6.55. The second kappa shape index (κ2) is 9.72. The molecule has 0 fully saturated rings. The van der Waals surface area contributed by atoms with Crippen molar-refractivity contribution in [3.63, 3.8) is 0 Å². The number of carboxylic acid groups (broad SMARTS) is 1. The van der Waals surface area contributed by atoms with Gasteiger partial charge < -0.3 is 19.9 Å². The van der Waals surface area contributed by atoms with Gasteiger partial charge in [0.1, 0.15) is 12.6 Å². The van der Waals surface area contributed by atoms with E-state index >= 15 is 0 Å². The average Bonchev–Trinajstić information content (AvgIpc) is 2.72. The van der Waals surface area contributed by atoms with Crippen LogP contribution in [0.2, 0.25) is 0 Å². The minimum atomic E-state index is -1.12. The molecule has 0 spiro atoms. The highest BCUT2D eigenvalue weighted by Crippen LogP contribution is 2.31. The summed E-state index contributed by atoms with van der Waals surface area (Å²) in [7, 11) is 3.04. The molecule has 1 heterocycles. The van der Waals surface area contributed by atoms with Crippen molar-refractivity contribution < 1.29 is 24.2 Å². The van der Waals surface area contributed by atoms with Gasteiger partial charge >= 0.3 is 5.97 Å². The molecule has 1 amide bonds. The number of ether oxygens (including phenoxy) is 2. The van der Waals surface area contributed by atoms with Crippen molar-refractivity contribution in [3.05, 3.63) is 40.7 Å². The molecule has 2 aromatic rings. The molecule has 0 aliphatic rings. The molecule has 156 valence electrons. The number of nitrogens with zero attached hydrogens (tertiary/aromatic N) is 2. The minimum Gasteiger partial charge on any atom is -0.493 e. The van der Waals surface area contributed by atoms with Crippen LogP contribution in [0.3, 0.4) is 0 Å². The van der Waals surface area contributed by atoms with Crippen LogP contribution in [0.25, 0.3) is 11.3 Å². The number of rotatable bonds is 9. The predicted molar refractivity (Wildman–Crippen MR) is 106 cm³/mol. The number of hydrogen-bond donors (Lipinski definition) is 2. The maximum Gasteiger partial charge on any atom is 0.326 e. The topological polar surface area (TPSA) is 120 Å². The van der Waals surface area contributed by atoms with Gasteiger partial charge in [-0.1, -0.05) is 20.3 Å². The monoisotopic (exact) mass is 403 g/mol. The Kier molecular flexibility index (Phi) is 7.35. The van der Waals surface area contributed by atoms with Gasteiger partial charge in [-0.3, -0.25) is 9.59 Å². The first-order valence-corrected chi connectivity index (χ1v) is 9.13. The van der Waals surface area contributed by atoms with E-state index in [2.05, 4.69) is 10.4 Å². The molecular weight excluding hydrogens is 378 g/mol. The second-order valence-corrected chi connectivity index (χ2v) is 6.55. The lowest BCUT2D eigenvalue weighted by atomic mass is 9.99. The summed E-state index contributed by atoms with van der Waals surface area (Å²) in [4.78, 5) is 35.8. The Bertz CT molecular complexity index is 940. The van der Waals surface area contributed by atoms with Crippen LogP contribution < -0.4 is 20.3 Å². The van der Waals surface area contributed by atoms with E-state index in [4.69, 9.17) is 9.47 Å². The molecule has 2 N–H and O–H groups in total. The number of methoxy groups -OCH3 is 2. The molecule has 2 rings (SSSR count). The van der Waals surface area contributed by atoms with Gasteiger partial charge in [0.2, 0.25) is 5.91 Å². The van der Waals surface area contributed by atoms with Crippen LogP contribution in [0.4, 0.5) is 0 Å². The van der Waals surface area contributed by atoms with Crippen molar-refractivity contribution in [1.82, 2.24) is 15.1 Å². The van der Waals surface area contributed by atoms with Crippen LogP contribution >= 0.6 is 0 Å². The number of nitrogens with one attached hydrogen (secondary N) is 1. The smallest absolute Gasteiger partial charge is 0.326 e. The van der Waals surface area contributed by atoms with Crippen molar-refractivity contribution >= 4 is 11.9 Å². The molecule has 1 aromatic carbocycles. The van der Waals surface area contributed by atoms with E-state index in [1.807, 2.05) is 6.92 Å². The Balaban J connectivity index is 2.26. The molecule has 0 saturated heterocycles. The van der Waals surface area contributed by atoms with E-state index < -0.39 is 23.5 Å². The van der Waals surface area contributed by atoms with E-state index in [1.54, 1.807) is 25.1 Å². The molecule has 0 bridgehead atoms. The van der Waals surface area contributed by atoms with Gasteiger partial charge in [0.25, 0.3) is 5.56 Å². The van der Waals surface area contributed by atoms with Crippen LogP contribution in [-0.2, 0) is 16.1 Å². The fourth-order valence-electron chi connectivity index (χ4n) is 2.75. The Hall–Kier alpha value is -3.36. The molecule has 9 heteroatoms. The first-order valence-electron chi connectivity index (χ1n) is 9.13. The number of amides is 1. The minimum absolute atomic E-state index is 0.251. The summed E-state index contributed by atoms with van der Waals surface area (Å²) in [5.41, 5.74) is 0.648. The first kappa shape index (κ1) is 21.9. The van der Waals surface area contributed by atoms with Gasteiger partial charge in [-0.15, -0.1) is 0 Å². The van der Waals surface area contributed by atoms with Crippen LogP contribution in [0.15, 0.2) is 35.1 Å². The number of hydrogen-bond acceptors (Lipinski definition) is 6. The van der Waals surface area contributed by atoms with Crippen LogP contribution in [0, 0.1) is 5.92 Å². The van der Waals surface area contributed by atoms with E-state index in [1.165, 1.54) is 26.4 Å². The summed E-state index contributed by atoms with van der Waals surface area (Å²) in [5.74, 6) is -0.920. The molecular formula is C20H25N3O6. The van der Waals surface area contributed by atoms with E-state index in [9.17, 15) is 19.5 Å². The zero-order valence-corrected chi connectivity index (χ0v) is 16.8. The average molecular weight is 403 g/mol. The van der Waals surface area contributed by atoms with Crippen LogP contribution in [0.1, 0.15) is 20.3 Å². The number of carbonyl (C=O) groups is 2. The molecule has 0 radical (unpaired) electrons. The summed E-state index contributed by atoms with van der Waals surface area (Å²) in [6, 6.07) is 6.98. The lowest BCUT2D eigenvalue weighted by Gasteiger charge is -2.20. The third-order valence-electron chi connectivity index (χ3n) is 4.63. The van der Waals surface area contributed by atoms with E-state index in [0.717, 1.165) is 4.68 Å². The van der Waals surface area contributed by atoms with Crippen LogP contribution in [0.5, 0.6) is 11.5 Å². The molecule has 0 unspecified atom stereocenters. The third kappa shape index (κ3) is 5.34. The van der Waals surface area contributed by atoms with Gasteiger partial charge in [0.05, 0.1) is 19.9 Å². The fraction of sp³-hybridized carbons (Fsp3) is 0.400. The van der Waals surface area contributed by atoms with Crippen molar-refractivity contribution in [3.8, 4) is 22.8 Å². The Morgan fingerprint density at radius 3 is 2.45 bits per heavy atom. The number of carbonyl (C=O) groups excluding carboxylic acids is 1. The van der Waals surface area contributed by atoms with Crippen LogP contribution in [-0.4, -0.2) is 47.0 Å². The number of aromatic nitrogens is 2. The van der Waals surface area contributed by atoms with Crippen molar-refractivity contribution in [2.45, 2.75) is 32.9 Å². The zero-order chi connectivity index (χ0) is 21.6. The molecule has 0 aliphatic heterocycles. The Labute approximate surface area is 168 Å². The summed E-state index contributed by atoms with van der Waals surface area (Å²) < 4.78 is 11.5. The lowest BCUT2D eigenvalue weighted by molar-refractivity contribution is -0.143. The van der Waals surface area contributed by atoms with Gasteiger partial charge in [-0.05, 0) is 30.2 Å². The van der Waals surface area contributed by atoms with Crippen molar-refractivity contribution in [2.75, 3.05) is 14.2 Å².